The zero-order chi connectivity index (χ0) is 18.1. The largest absolute Gasteiger partial charge is 0.423 e. The van der Waals surface area contributed by atoms with Crippen LogP contribution in [0.4, 0.5) is 0 Å². The SMILES string of the molecule is Cc1ccc(C(=O)Oc2cc(-c3ccccc3)c3oc(=O)sc3c2)cc1. The van der Waals surface area contributed by atoms with Crippen molar-refractivity contribution in [2.75, 3.05) is 0 Å². The zero-order valence-electron chi connectivity index (χ0n) is 13.9. The van der Waals surface area contributed by atoms with E-state index in [1.165, 1.54) is 0 Å². The molecule has 1 heterocycles. The molecule has 5 heteroatoms. The summed E-state index contributed by atoms with van der Waals surface area (Å²) in [7, 11) is 0. The van der Waals surface area contributed by atoms with Crippen molar-refractivity contribution in [2.45, 2.75) is 6.92 Å². The van der Waals surface area contributed by atoms with Crippen molar-refractivity contribution in [3.8, 4) is 16.9 Å². The lowest BCUT2D eigenvalue weighted by atomic mass is 10.0. The van der Waals surface area contributed by atoms with Gasteiger partial charge in [0, 0.05) is 11.6 Å². The molecule has 0 aliphatic carbocycles. The fourth-order valence-corrected chi connectivity index (χ4v) is 3.42. The van der Waals surface area contributed by atoms with Gasteiger partial charge in [0.25, 0.3) is 0 Å². The first-order valence-electron chi connectivity index (χ1n) is 8.02. The molecule has 0 fully saturated rings. The Morgan fingerprint density at radius 2 is 1.73 bits per heavy atom. The smallest absolute Gasteiger partial charge is 0.396 e. The number of esters is 1. The molecule has 0 unspecified atom stereocenters. The van der Waals surface area contributed by atoms with Crippen LogP contribution in [0.5, 0.6) is 5.75 Å². The summed E-state index contributed by atoms with van der Waals surface area (Å²) in [5.41, 5.74) is 3.64. The van der Waals surface area contributed by atoms with Crippen LogP contribution < -0.4 is 9.68 Å². The monoisotopic (exact) mass is 362 g/mol. The first kappa shape index (κ1) is 16.3. The van der Waals surface area contributed by atoms with Crippen LogP contribution in [0, 0.1) is 6.92 Å². The fraction of sp³-hybridized carbons (Fsp3) is 0.0476. The normalized spacial score (nSPS) is 10.8. The van der Waals surface area contributed by atoms with Gasteiger partial charge in [-0.15, -0.1) is 0 Å². The van der Waals surface area contributed by atoms with Gasteiger partial charge >= 0.3 is 10.9 Å². The van der Waals surface area contributed by atoms with Crippen molar-refractivity contribution in [1.82, 2.24) is 0 Å². The van der Waals surface area contributed by atoms with Crippen LogP contribution in [-0.4, -0.2) is 5.97 Å². The van der Waals surface area contributed by atoms with E-state index in [1.807, 2.05) is 49.4 Å². The molecule has 0 atom stereocenters. The molecular formula is C21H14O4S. The molecule has 0 aliphatic rings. The summed E-state index contributed by atoms with van der Waals surface area (Å²) < 4.78 is 11.5. The summed E-state index contributed by atoms with van der Waals surface area (Å²) in [6.07, 6.45) is 0. The molecule has 128 valence electrons. The summed E-state index contributed by atoms with van der Waals surface area (Å²) in [5, 5.41) is 0. The van der Waals surface area contributed by atoms with Gasteiger partial charge in [-0.05, 0) is 30.7 Å². The van der Waals surface area contributed by atoms with Crippen LogP contribution in [-0.2, 0) is 0 Å². The summed E-state index contributed by atoms with van der Waals surface area (Å²) in [5.74, 6) is -0.0711. The molecule has 0 amide bonds. The van der Waals surface area contributed by atoms with Crippen molar-refractivity contribution in [3.63, 3.8) is 0 Å². The Labute approximate surface area is 153 Å². The molecule has 0 N–H and O–H groups in total. The van der Waals surface area contributed by atoms with E-state index in [0.717, 1.165) is 22.5 Å². The second-order valence-electron chi connectivity index (χ2n) is 5.87. The average molecular weight is 362 g/mol. The fourth-order valence-electron chi connectivity index (χ4n) is 2.70. The minimum absolute atomic E-state index is 0.374. The van der Waals surface area contributed by atoms with Gasteiger partial charge < -0.3 is 9.15 Å². The van der Waals surface area contributed by atoms with Crippen LogP contribution in [0.1, 0.15) is 15.9 Å². The van der Waals surface area contributed by atoms with E-state index in [2.05, 4.69) is 0 Å². The van der Waals surface area contributed by atoms with Crippen LogP contribution >= 0.6 is 11.3 Å². The Morgan fingerprint density at radius 1 is 1.00 bits per heavy atom. The third-order valence-electron chi connectivity index (χ3n) is 3.99. The maximum Gasteiger partial charge on any atom is 0.396 e. The molecule has 0 aliphatic heterocycles. The summed E-state index contributed by atoms with van der Waals surface area (Å²) in [6.45, 7) is 1.95. The van der Waals surface area contributed by atoms with Crippen molar-refractivity contribution >= 4 is 27.6 Å². The second kappa shape index (κ2) is 6.61. The van der Waals surface area contributed by atoms with Gasteiger partial charge in [-0.3, -0.25) is 0 Å². The van der Waals surface area contributed by atoms with Crippen molar-refractivity contribution < 1.29 is 13.9 Å². The molecule has 0 bridgehead atoms. The van der Waals surface area contributed by atoms with Crippen LogP contribution in [0.3, 0.4) is 0 Å². The Hall–Kier alpha value is -3.18. The van der Waals surface area contributed by atoms with Crippen LogP contribution in [0.15, 0.2) is 75.9 Å². The van der Waals surface area contributed by atoms with Gasteiger partial charge in [-0.25, -0.2) is 9.59 Å². The lowest BCUT2D eigenvalue weighted by Gasteiger charge is -2.08. The number of hydrogen-bond donors (Lipinski definition) is 0. The number of aryl methyl sites for hydroxylation is 1. The zero-order valence-corrected chi connectivity index (χ0v) is 14.7. The van der Waals surface area contributed by atoms with Gasteiger partial charge in [0.05, 0.1) is 10.3 Å². The van der Waals surface area contributed by atoms with Gasteiger partial charge in [0.15, 0.2) is 5.58 Å². The molecule has 3 aromatic carbocycles. The molecular weight excluding hydrogens is 348 g/mol. The summed E-state index contributed by atoms with van der Waals surface area (Å²) >= 11 is 0.986. The Kier molecular flexibility index (Phi) is 4.14. The average Bonchev–Trinajstić information content (AvgIpc) is 3.02. The summed E-state index contributed by atoms with van der Waals surface area (Å²) in [4.78, 5) is 23.7. The number of hydrogen-bond acceptors (Lipinski definition) is 5. The minimum atomic E-state index is -0.445. The first-order valence-corrected chi connectivity index (χ1v) is 8.84. The Balaban J connectivity index is 1.77. The number of rotatable bonds is 3. The molecule has 0 saturated carbocycles. The third kappa shape index (κ3) is 3.17. The van der Waals surface area contributed by atoms with E-state index in [4.69, 9.17) is 9.15 Å². The van der Waals surface area contributed by atoms with E-state index in [1.54, 1.807) is 24.3 Å². The van der Waals surface area contributed by atoms with Crippen molar-refractivity contribution in [1.29, 1.82) is 0 Å². The molecule has 26 heavy (non-hydrogen) atoms. The van der Waals surface area contributed by atoms with Gasteiger partial charge in [0.2, 0.25) is 0 Å². The Bertz CT molecular complexity index is 1140. The second-order valence-corrected chi connectivity index (χ2v) is 6.85. The van der Waals surface area contributed by atoms with E-state index in [9.17, 15) is 9.59 Å². The van der Waals surface area contributed by atoms with Crippen molar-refractivity contribution in [3.05, 3.63) is 87.6 Å². The predicted octanol–water partition coefficient (Wildman–Crippen LogP) is 5.05. The van der Waals surface area contributed by atoms with Gasteiger partial charge in [-0.1, -0.05) is 59.4 Å². The minimum Gasteiger partial charge on any atom is -0.423 e. The topological polar surface area (TPSA) is 56.5 Å². The van der Waals surface area contributed by atoms with E-state index in [-0.39, 0.29) is 4.94 Å². The highest BCUT2D eigenvalue weighted by atomic mass is 32.1. The molecule has 1 aromatic heterocycles. The number of fused-ring (bicyclic) bond motifs is 1. The number of benzene rings is 3. The maximum absolute atomic E-state index is 12.4. The number of carbonyl (C=O) groups is 1. The molecule has 4 nitrogen and oxygen atoms in total. The molecule has 0 saturated heterocycles. The van der Waals surface area contributed by atoms with E-state index in [0.29, 0.717) is 27.2 Å². The third-order valence-corrected chi connectivity index (χ3v) is 4.76. The Morgan fingerprint density at radius 3 is 2.46 bits per heavy atom. The highest BCUT2D eigenvalue weighted by Gasteiger charge is 2.15. The predicted molar refractivity (Wildman–Crippen MR) is 102 cm³/mol. The highest BCUT2D eigenvalue weighted by molar-refractivity contribution is 7.16. The molecule has 4 aromatic rings. The van der Waals surface area contributed by atoms with Gasteiger partial charge in [0.1, 0.15) is 5.75 Å². The highest BCUT2D eigenvalue weighted by Crippen LogP contribution is 2.34. The molecule has 4 rings (SSSR count). The lowest BCUT2D eigenvalue weighted by Crippen LogP contribution is -2.08. The van der Waals surface area contributed by atoms with E-state index >= 15 is 0 Å². The number of carbonyl (C=O) groups excluding carboxylic acids is 1. The summed E-state index contributed by atoms with van der Waals surface area (Å²) in [6, 6.07) is 20.1. The van der Waals surface area contributed by atoms with Crippen LogP contribution in [0.25, 0.3) is 21.4 Å². The molecule has 0 spiro atoms. The standard InChI is InChI=1S/C21H14O4S/c1-13-7-9-15(10-8-13)20(22)24-16-11-17(14-5-3-2-4-6-14)19-18(12-16)26-21(23)25-19/h2-12H,1H3. The quantitative estimate of drug-likeness (QED) is 0.378. The lowest BCUT2D eigenvalue weighted by molar-refractivity contribution is 0.0735. The van der Waals surface area contributed by atoms with Crippen LogP contribution in [0.2, 0.25) is 0 Å². The number of ether oxygens (including phenoxy) is 1. The molecule has 0 radical (unpaired) electrons. The first-order chi connectivity index (χ1) is 12.6. The van der Waals surface area contributed by atoms with Gasteiger partial charge in [-0.2, -0.15) is 0 Å². The van der Waals surface area contributed by atoms with E-state index < -0.39 is 5.97 Å². The maximum atomic E-state index is 12.4. The van der Waals surface area contributed by atoms with Crippen molar-refractivity contribution in [2.24, 2.45) is 0 Å².